The van der Waals surface area contributed by atoms with Gasteiger partial charge in [0.05, 0.1) is 28.0 Å². The predicted octanol–water partition coefficient (Wildman–Crippen LogP) is 5.54. The zero-order chi connectivity index (χ0) is 22.6. The van der Waals surface area contributed by atoms with Gasteiger partial charge in [0.25, 0.3) is 0 Å². The Labute approximate surface area is 202 Å². The number of halogens is 2. The molecule has 6 nitrogen and oxygen atoms in total. The van der Waals surface area contributed by atoms with E-state index < -0.39 is 5.60 Å². The summed E-state index contributed by atoms with van der Waals surface area (Å²) in [5.74, 6) is 2.40. The Kier molecular flexibility index (Phi) is 5.11. The first kappa shape index (κ1) is 21.0. The molecular weight excluding hydrogens is 459 g/mol. The minimum atomic E-state index is -0.545. The van der Waals surface area contributed by atoms with Crippen LogP contribution in [0.5, 0.6) is 5.75 Å². The normalized spacial score (nSPS) is 19.8. The minimum Gasteiger partial charge on any atom is -0.484 e. The van der Waals surface area contributed by atoms with E-state index in [0.29, 0.717) is 40.6 Å². The summed E-state index contributed by atoms with van der Waals surface area (Å²) in [6, 6.07) is 11.3. The van der Waals surface area contributed by atoms with Gasteiger partial charge in [0, 0.05) is 44.0 Å². The van der Waals surface area contributed by atoms with E-state index in [4.69, 9.17) is 37.9 Å². The molecule has 0 saturated carbocycles. The summed E-state index contributed by atoms with van der Waals surface area (Å²) in [4.78, 5) is 27.6. The molecule has 0 radical (unpaired) electrons. The van der Waals surface area contributed by atoms with Crippen LogP contribution in [0.4, 0.5) is 11.6 Å². The number of ether oxygens (including phenoxy) is 1. The minimum absolute atomic E-state index is 0.0392. The SMILES string of the molecule is O=C1CC2(CCN(c3nc4ccccc4nc3N3CCCC3)CC2)Oc2c(Cl)cc(Cl)cc21. The molecule has 0 bridgehead atoms. The van der Waals surface area contributed by atoms with Gasteiger partial charge >= 0.3 is 0 Å². The second-order valence-corrected chi connectivity index (χ2v) is 10.0. The smallest absolute Gasteiger partial charge is 0.172 e. The number of anilines is 2. The summed E-state index contributed by atoms with van der Waals surface area (Å²) in [7, 11) is 0. The highest BCUT2D eigenvalue weighted by atomic mass is 35.5. The highest BCUT2D eigenvalue weighted by molar-refractivity contribution is 6.36. The maximum atomic E-state index is 12.9. The molecule has 3 aliphatic rings. The second-order valence-electron chi connectivity index (χ2n) is 9.19. The third kappa shape index (κ3) is 3.69. The lowest BCUT2D eigenvalue weighted by Gasteiger charge is -2.44. The van der Waals surface area contributed by atoms with Gasteiger partial charge in [-0.2, -0.15) is 0 Å². The van der Waals surface area contributed by atoms with Crippen molar-refractivity contribution >= 4 is 51.7 Å². The highest BCUT2D eigenvalue weighted by Crippen LogP contribution is 2.45. The van der Waals surface area contributed by atoms with Crippen molar-refractivity contribution in [2.24, 2.45) is 0 Å². The van der Waals surface area contributed by atoms with Crippen LogP contribution in [-0.4, -0.2) is 47.5 Å². The molecule has 0 aliphatic carbocycles. The van der Waals surface area contributed by atoms with E-state index in [2.05, 4.69) is 9.80 Å². The van der Waals surface area contributed by atoms with Crippen LogP contribution in [0.2, 0.25) is 10.0 Å². The number of rotatable bonds is 2. The number of hydrogen-bond donors (Lipinski definition) is 0. The molecule has 0 N–H and O–H groups in total. The van der Waals surface area contributed by atoms with Crippen LogP contribution >= 0.6 is 23.2 Å². The summed E-state index contributed by atoms with van der Waals surface area (Å²) >= 11 is 12.5. The van der Waals surface area contributed by atoms with Crippen molar-refractivity contribution in [3.63, 3.8) is 0 Å². The Hall–Kier alpha value is -2.57. The van der Waals surface area contributed by atoms with Crippen molar-refractivity contribution in [1.82, 2.24) is 9.97 Å². The number of carbonyl (C=O) groups is 1. The standard InChI is InChI=1S/C25H24Cl2N4O2/c26-16-13-17-21(32)15-25(33-22(17)18(27)14-16)7-11-31(12-8-25)24-23(30-9-3-4-10-30)28-19-5-1-2-6-20(19)29-24/h1-2,5-6,13-14H,3-4,7-12,15H2. The van der Waals surface area contributed by atoms with Crippen molar-refractivity contribution in [2.45, 2.75) is 37.7 Å². The van der Waals surface area contributed by atoms with Crippen molar-refractivity contribution in [2.75, 3.05) is 36.0 Å². The molecule has 4 heterocycles. The summed E-state index contributed by atoms with van der Waals surface area (Å²) < 4.78 is 6.42. The molecular formula is C25H24Cl2N4O2. The Morgan fingerprint density at radius 3 is 2.12 bits per heavy atom. The monoisotopic (exact) mass is 482 g/mol. The van der Waals surface area contributed by atoms with Crippen LogP contribution in [0, 0.1) is 0 Å². The number of fused-ring (bicyclic) bond motifs is 2. The zero-order valence-electron chi connectivity index (χ0n) is 18.2. The lowest BCUT2D eigenvalue weighted by molar-refractivity contribution is 0.0232. The first-order valence-corrected chi connectivity index (χ1v) is 12.2. The van der Waals surface area contributed by atoms with E-state index in [-0.39, 0.29) is 5.78 Å². The van der Waals surface area contributed by atoms with Gasteiger partial charge in [-0.15, -0.1) is 0 Å². The number of piperidine rings is 1. The molecule has 2 saturated heterocycles. The Morgan fingerprint density at radius 1 is 0.879 bits per heavy atom. The molecule has 1 spiro atoms. The first-order valence-electron chi connectivity index (χ1n) is 11.5. The summed E-state index contributed by atoms with van der Waals surface area (Å²) in [6.07, 6.45) is 4.12. The average Bonchev–Trinajstić information content (AvgIpc) is 3.35. The third-order valence-corrected chi connectivity index (χ3v) is 7.52. The van der Waals surface area contributed by atoms with Crippen LogP contribution in [0.1, 0.15) is 42.5 Å². The fraction of sp³-hybridized carbons (Fsp3) is 0.400. The topological polar surface area (TPSA) is 58.6 Å². The van der Waals surface area contributed by atoms with E-state index in [1.807, 2.05) is 24.3 Å². The van der Waals surface area contributed by atoms with Crippen molar-refractivity contribution in [3.05, 3.63) is 52.0 Å². The van der Waals surface area contributed by atoms with Gasteiger partial charge in [-0.05, 0) is 37.1 Å². The number of hydrogen-bond acceptors (Lipinski definition) is 6. The van der Waals surface area contributed by atoms with E-state index in [9.17, 15) is 4.79 Å². The molecule has 0 amide bonds. The number of carbonyl (C=O) groups excluding carboxylic acids is 1. The molecule has 2 fully saturated rings. The van der Waals surface area contributed by atoms with Crippen LogP contribution in [0.25, 0.3) is 11.0 Å². The summed E-state index contributed by atoms with van der Waals surface area (Å²) in [5.41, 5.74) is 1.76. The van der Waals surface area contributed by atoms with Crippen LogP contribution in [0.3, 0.4) is 0 Å². The van der Waals surface area contributed by atoms with E-state index >= 15 is 0 Å². The molecule has 3 aromatic rings. The fourth-order valence-electron chi connectivity index (χ4n) is 5.25. The van der Waals surface area contributed by atoms with Crippen molar-refractivity contribution in [3.8, 4) is 5.75 Å². The van der Waals surface area contributed by atoms with Crippen molar-refractivity contribution in [1.29, 1.82) is 0 Å². The van der Waals surface area contributed by atoms with Gasteiger partial charge in [0.1, 0.15) is 11.4 Å². The van der Waals surface area contributed by atoms with Crippen LogP contribution in [-0.2, 0) is 0 Å². The van der Waals surface area contributed by atoms with Gasteiger partial charge < -0.3 is 14.5 Å². The lowest BCUT2D eigenvalue weighted by atomic mass is 9.82. The number of benzene rings is 2. The lowest BCUT2D eigenvalue weighted by Crippen LogP contribution is -2.51. The largest absolute Gasteiger partial charge is 0.484 e. The highest BCUT2D eigenvalue weighted by Gasteiger charge is 2.44. The summed E-state index contributed by atoms with van der Waals surface area (Å²) in [5, 5.41) is 0.842. The van der Waals surface area contributed by atoms with E-state index in [0.717, 1.165) is 48.8 Å². The molecule has 3 aliphatic heterocycles. The number of nitrogens with zero attached hydrogens (tertiary/aromatic N) is 4. The Morgan fingerprint density at radius 2 is 1.48 bits per heavy atom. The van der Waals surface area contributed by atoms with Gasteiger partial charge in [-0.3, -0.25) is 4.79 Å². The molecule has 0 atom stereocenters. The van der Waals surface area contributed by atoms with Gasteiger partial charge in [0.2, 0.25) is 0 Å². The quantitative estimate of drug-likeness (QED) is 0.477. The number of Topliss-reactive ketones (excluding diaryl/α,β-unsaturated/α-hetero) is 1. The fourth-order valence-corrected chi connectivity index (χ4v) is 5.78. The Balaban J connectivity index is 1.30. The average molecular weight is 483 g/mol. The van der Waals surface area contributed by atoms with Gasteiger partial charge in [0.15, 0.2) is 17.4 Å². The molecule has 2 aromatic carbocycles. The van der Waals surface area contributed by atoms with Crippen LogP contribution < -0.4 is 14.5 Å². The predicted molar refractivity (Wildman–Crippen MR) is 131 cm³/mol. The number of aromatic nitrogens is 2. The second kappa shape index (κ2) is 8.03. The van der Waals surface area contributed by atoms with Gasteiger partial charge in [-0.25, -0.2) is 9.97 Å². The van der Waals surface area contributed by atoms with E-state index in [1.165, 1.54) is 12.8 Å². The maximum Gasteiger partial charge on any atom is 0.172 e. The summed E-state index contributed by atoms with van der Waals surface area (Å²) in [6.45, 7) is 3.49. The molecule has 6 rings (SSSR count). The van der Waals surface area contributed by atoms with E-state index in [1.54, 1.807) is 12.1 Å². The number of ketones is 1. The molecule has 170 valence electrons. The molecule has 0 unspecified atom stereocenters. The molecule has 8 heteroatoms. The van der Waals surface area contributed by atoms with Crippen LogP contribution in [0.15, 0.2) is 36.4 Å². The molecule has 33 heavy (non-hydrogen) atoms. The zero-order valence-corrected chi connectivity index (χ0v) is 19.7. The molecule has 1 aromatic heterocycles. The first-order chi connectivity index (χ1) is 16.0. The maximum absolute atomic E-state index is 12.9. The Bertz CT molecular complexity index is 1250. The van der Waals surface area contributed by atoms with Crippen molar-refractivity contribution < 1.29 is 9.53 Å². The third-order valence-electron chi connectivity index (χ3n) is 7.02. The number of para-hydroxylation sites is 2. The van der Waals surface area contributed by atoms with Gasteiger partial charge in [-0.1, -0.05) is 35.3 Å².